The Morgan fingerprint density at radius 3 is 2.82 bits per heavy atom. The first kappa shape index (κ1) is 11.2. The summed E-state index contributed by atoms with van der Waals surface area (Å²) >= 11 is 0. The molecule has 0 fully saturated rings. The summed E-state index contributed by atoms with van der Waals surface area (Å²) in [5.74, 6) is -2.53. The molecule has 0 aliphatic carbocycles. The molecule has 0 aliphatic heterocycles. The van der Waals surface area contributed by atoms with Gasteiger partial charge in [0.1, 0.15) is 17.8 Å². The molecule has 0 unspecified atom stereocenters. The Kier molecular flexibility index (Phi) is 2.82. The van der Waals surface area contributed by atoms with Gasteiger partial charge in [0, 0.05) is 0 Å². The molecule has 2 aromatic rings. The zero-order valence-electron chi connectivity index (χ0n) is 8.79. The number of nitrogens with zero attached hydrogens (tertiary/aromatic N) is 2. The van der Waals surface area contributed by atoms with E-state index in [4.69, 9.17) is 0 Å². The number of aromatic nitrogens is 3. The van der Waals surface area contributed by atoms with Gasteiger partial charge in [0.25, 0.3) is 5.91 Å². The molecule has 1 amide bonds. The number of anilines is 1. The van der Waals surface area contributed by atoms with Gasteiger partial charge >= 0.3 is 0 Å². The van der Waals surface area contributed by atoms with Crippen molar-refractivity contribution in [2.45, 2.75) is 6.92 Å². The van der Waals surface area contributed by atoms with Crippen LogP contribution in [0.1, 0.15) is 16.2 Å². The number of halogens is 2. The van der Waals surface area contributed by atoms with Crippen molar-refractivity contribution in [3.05, 3.63) is 41.5 Å². The number of carbonyl (C=O) groups is 1. The Bertz CT molecular complexity index is 554. The van der Waals surface area contributed by atoms with E-state index < -0.39 is 23.2 Å². The number of rotatable bonds is 2. The molecular weight excluding hydrogens is 230 g/mol. The maximum absolute atomic E-state index is 13.6. The zero-order valence-corrected chi connectivity index (χ0v) is 8.79. The molecule has 5 nitrogen and oxygen atoms in total. The van der Waals surface area contributed by atoms with Crippen molar-refractivity contribution in [3.63, 3.8) is 0 Å². The summed E-state index contributed by atoms with van der Waals surface area (Å²) in [6.07, 6.45) is 1.12. The summed E-state index contributed by atoms with van der Waals surface area (Å²) in [5, 5.41) is 7.85. The van der Waals surface area contributed by atoms with E-state index in [0.717, 1.165) is 12.4 Å². The predicted molar refractivity (Wildman–Crippen MR) is 55.4 cm³/mol. The lowest BCUT2D eigenvalue weighted by Gasteiger charge is -2.07. The summed E-state index contributed by atoms with van der Waals surface area (Å²) in [6.45, 7) is 1.47. The first-order chi connectivity index (χ1) is 8.09. The lowest BCUT2D eigenvalue weighted by molar-refractivity contribution is 0.101. The van der Waals surface area contributed by atoms with Crippen LogP contribution in [0.4, 0.5) is 14.5 Å². The minimum atomic E-state index is -0.846. The van der Waals surface area contributed by atoms with E-state index in [1.54, 1.807) is 0 Å². The summed E-state index contributed by atoms with van der Waals surface area (Å²) in [6, 6.07) is 2.36. The van der Waals surface area contributed by atoms with Gasteiger partial charge in [0.05, 0.1) is 0 Å². The maximum Gasteiger partial charge on any atom is 0.293 e. The molecule has 0 saturated carbocycles. The van der Waals surface area contributed by atoms with Gasteiger partial charge in [0.2, 0.25) is 5.82 Å². The average molecular weight is 238 g/mol. The average Bonchev–Trinajstić information content (AvgIpc) is 2.83. The van der Waals surface area contributed by atoms with Gasteiger partial charge in [-0.15, -0.1) is 0 Å². The van der Waals surface area contributed by atoms with Crippen LogP contribution >= 0.6 is 0 Å². The fourth-order valence-electron chi connectivity index (χ4n) is 1.26. The molecule has 1 aromatic carbocycles. The minimum absolute atomic E-state index is 0.120. The molecule has 17 heavy (non-hydrogen) atoms. The van der Waals surface area contributed by atoms with Crippen LogP contribution in [0.3, 0.4) is 0 Å². The molecule has 2 N–H and O–H groups in total. The lowest BCUT2D eigenvalue weighted by atomic mass is 10.2. The van der Waals surface area contributed by atoms with Crippen molar-refractivity contribution in [3.8, 4) is 0 Å². The van der Waals surface area contributed by atoms with E-state index in [0.29, 0.717) is 0 Å². The van der Waals surface area contributed by atoms with E-state index in [2.05, 4.69) is 20.5 Å². The van der Waals surface area contributed by atoms with Gasteiger partial charge in [-0.05, 0) is 18.6 Å². The molecule has 0 saturated heterocycles. The van der Waals surface area contributed by atoms with Crippen LogP contribution in [0.2, 0.25) is 0 Å². The standard InChI is InChI=1S/C10H8F2N4O/c1-5-2-3-6(11)8(7(5)12)15-10(17)9-13-4-14-16-9/h2-4H,1H3,(H,15,17)(H,13,14,16). The number of benzene rings is 1. The van der Waals surface area contributed by atoms with E-state index in [1.165, 1.54) is 13.0 Å². The fraction of sp³-hybridized carbons (Fsp3) is 0.100. The molecule has 1 aromatic heterocycles. The number of aryl methyl sites for hydroxylation is 1. The number of nitrogens with one attached hydrogen (secondary N) is 2. The third-order valence-corrected chi connectivity index (χ3v) is 2.15. The molecule has 0 bridgehead atoms. The van der Waals surface area contributed by atoms with Gasteiger partial charge in [-0.25, -0.2) is 13.8 Å². The van der Waals surface area contributed by atoms with Crippen molar-refractivity contribution < 1.29 is 13.6 Å². The molecule has 1 heterocycles. The van der Waals surface area contributed by atoms with Crippen molar-refractivity contribution >= 4 is 11.6 Å². The highest BCUT2D eigenvalue weighted by Gasteiger charge is 2.16. The van der Waals surface area contributed by atoms with Gasteiger partial charge < -0.3 is 5.32 Å². The largest absolute Gasteiger partial charge is 0.314 e. The third kappa shape index (κ3) is 2.12. The summed E-state index contributed by atoms with van der Waals surface area (Å²) in [4.78, 5) is 15.1. The van der Waals surface area contributed by atoms with Crippen LogP contribution in [0.5, 0.6) is 0 Å². The molecule has 0 aliphatic rings. The van der Waals surface area contributed by atoms with Gasteiger partial charge in [-0.2, -0.15) is 5.10 Å². The zero-order chi connectivity index (χ0) is 12.4. The summed E-state index contributed by atoms with van der Waals surface area (Å²) in [7, 11) is 0. The van der Waals surface area contributed by atoms with Crippen molar-refractivity contribution in [2.75, 3.05) is 5.32 Å². The van der Waals surface area contributed by atoms with Crippen LogP contribution in [0.15, 0.2) is 18.5 Å². The van der Waals surface area contributed by atoms with E-state index in [1.807, 2.05) is 0 Å². The fourth-order valence-corrected chi connectivity index (χ4v) is 1.26. The van der Waals surface area contributed by atoms with Crippen molar-refractivity contribution in [2.24, 2.45) is 0 Å². The molecule has 2 rings (SSSR count). The lowest BCUT2D eigenvalue weighted by Crippen LogP contribution is -2.16. The highest BCUT2D eigenvalue weighted by Crippen LogP contribution is 2.21. The topological polar surface area (TPSA) is 70.7 Å². The smallest absolute Gasteiger partial charge is 0.293 e. The second-order valence-corrected chi connectivity index (χ2v) is 3.34. The van der Waals surface area contributed by atoms with E-state index >= 15 is 0 Å². The highest BCUT2D eigenvalue weighted by atomic mass is 19.1. The van der Waals surface area contributed by atoms with Crippen LogP contribution < -0.4 is 5.32 Å². The Labute approximate surface area is 94.9 Å². The second-order valence-electron chi connectivity index (χ2n) is 3.34. The number of carbonyl (C=O) groups excluding carboxylic acids is 1. The number of amides is 1. The molecule has 0 radical (unpaired) electrons. The van der Waals surface area contributed by atoms with Crippen molar-refractivity contribution in [1.29, 1.82) is 0 Å². The Hall–Kier alpha value is -2.31. The second kappa shape index (κ2) is 4.28. The molecule has 88 valence electrons. The van der Waals surface area contributed by atoms with E-state index in [9.17, 15) is 13.6 Å². The van der Waals surface area contributed by atoms with Crippen LogP contribution in [-0.4, -0.2) is 21.1 Å². The van der Waals surface area contributed by atoms with Crippen molar-refractivity contribution in [1.82, 2.24) is 15.2 Å². The van der Waals surface area contributed by atoms with Gasteiger partial charge in [-0.3, -0.25) is 9.89 Å². The summed E-state index contributed by atoms with van der Waals surface area (Å²) in [5.41, 5.74) is -0.259. The van der Waals surface area contributed by atoms with Gasteiger partial charge in [0.15, 0.2) is 5.82 Å². The first-order valence-electron chi connectivity index (χ1n) is 4.71. The molecule has 0 spiro atoms. The minimum Gasteiger partial charge on any atom is -0.314 e. The Morgan fingerprint density at radius 2 is 2.18 bits per heavy atom. The van der Waals surface area contributed by atoms with Gasteiger partial charge in [-0.1, -0.05) is 6.07 Å². The Morgan fingerprint density at radius 1 is 1.41 bits per heavy atom. The molecular formula is C10H8F2N4O. The number of hydrogen-bond acceptors (Lipinski definition) is 3. The van der Waals surface area contributed by atoms with Crippen LogP contribution in [0, 0.1) is 18.6 Å². The molecule has 0 atom stereocenters. The maximum atomic E-state index is 13.6. The Balaban J connectivity index is 2.31. The van der Waals surface area contributed by atoms with Crippen LogP contribution in [0.25, 0.3) is 0 Å². The normalized spacial score (nSPS) is 10.3. The number of aromatic amines is 1. The number of hydrogen-bond donors (Lipinski definition) is 2. The first-order valence-corrected chi connectivity index (χ1v) is 4.71. The third-order valence-electron chi connectivity index (χ3n) is 2.15. The number of H-pyrrole nitrogens is 1. The summed E-state index contributed by atoms with van der Waals surface area (Å²) < 4.78 is 26.9. The van der Waals surface area contributed by atoms with E-state index in [-0.39, 0.29) is 11.4 Å². The monoisotopic (exact) mass is 238 g/mol. The van der Waals surface area contributed by atoms with Crippen LogP contribution in [-0.2, 0) is 0 Å². The highest BCUT2D eigenvalue weighted by molar-refractivity contribution is 6.01. The SMILES string of the molecule is Cc1ccc(F)c(NC(=O)c2ncn[nH]2)c1F. The molecule has 7 heteroatoms. The predicted octanol–water partition coefficient (Wildman–Crippen LogP) is 1.64. The quantitative estimate of drug-likeness (QED) is 0.835.